The number of hydrogen-bond acceptors (Lipinski definition) is 3. The smallest absolute Gasteiger partial charge is 0.0704 e. The van der Waals surface area contributed by atoms with Crippen molar-refractivity contribution in [1.29, 1.82) is 0 Å². The predicted molar refractivity (Wildman–Crippen MR) is 71.9 cm³/mol. The quantitative estimate of drug-likeness (QED) is 0.865. The molecule has 2 rings (SSSR count). The second-order valence-corrected chi connectivity index (χ2v) is 4.42. The van der Waals surface area contributed by atoms with E-state index < -0.39 is 6.10 Å². The van der Waals surface area contributed by atoms with Crippen molar-refractivity contribution in [3.63, 3.8) is 0 Å². The largest absolute Gasteiger partial charge is 0.391 e. The molecule has 4 heteroatoms. The molecule has 2 unspecified atom stereocenters. The number of rotatable bonds is 4. The Balaban J connectivity index is 2.28. The van der Waals surface area contributed by atoms with Gasteiger partial charge in [-0.15, -0.1) is 0 Å². The Kier molecular flexibility index (Phi) is 3.79. The number of aliphatic hydroxyl groups is 1. The van der Waals surface area contributed by atoms with Crippen molar-refractivity contribution < 1.29 is 5.11 Å². The molecular weight excluding hydrogens is 226 g/mol. The van der Waals surface area contributed by atoms with E-state index in [0.717, 1.165) is 23.4 Å². The Morgan fingerprint density at radius 3 is 2.50 bits per heavy atom. The number of aliphatic hydroxyl groups excluding tert-OH is 1. The first-order valence-electron chi connectivity index (χ1n) is 6.19. The Labute approximate surface area is 107 Å². The lowest BCUT2D eigenvalue weighted by atomic mass is 10.0. The van der Waals surface area contributed by atoms with Crippen molar-refractivity contribution in [2.75, 3.05) is 0 Å². The van der Waals surface area contributed by atoms with Crippen molar-refractivity contribution in [1.82, 2.24) is 9.78 Å². The average Bonchev–Trinajstić information content (AvgIpc) is 2.86. The first-order chi connectivity index (χ1) is 8.63. The molecule has 1 heterocycles. The number of aryl methyl sites for hydroxylation is 1. The minimum Gasteiger partial charge on any atom is -0.391 e. The van der Waals surface area contributed by atoms with E-state index in [1.165, 1.54) is 0 Å². The molecule has 2 aromatic rings. The summed E-state index contributed by atoms with van der Waals surface area (Å²) in [7, 11) is 0. The normalized spacial score (nSPS) is 14.4. The summed E-state index contributed by atoms with van der Waals surface area (Å²) in [5.74, 6) is 0. The lowest BCUT2D eigenvalue weighted by Gasteiger charge is -2.15. The van der Waals surface area contributed by atoms with Gasteiger partial charge in [0.1, 0.15) is 0 Å². The van der Waals surface area contributed by atoms with Gasteiger partial charge in [-0.3, -0.25) is 4.68 Å². The zero-order chi connectivity index (χ0) is 13.1. The van der Waals surface area contributed by atoms with E-state index in [2.05, 4.69) is 12.0 Å². The van der Waals surface area contributed by atoms with Crippen LogP contribution < -0.4 is 5.73 Å². The van der Waals surface area contributed by atoms with Gasteiger partial charge in [0.2, 0.25) is 0 Å². The molecule has 2 atom stereocenters. The summed E-state index contributed by atoms with van der Waals surface area (Å²) < 4.78 is 1.95. The molecule has 0 aliphatic carbocycles. The molecule has 96 valence electrons. The summed E-state index contributed by atoms with van der Waals surface area (Å²) in [6, 6.07) is 9.60. The van der Waals surface area contributed by atoms with E-state index >= 15 is 0 Å². The number of nitrogens with two attached hydrogens (primary N) is 1. The Morgan fingerprint density at radius 2 is 1.94 bits per heavy atom. The molecule has 0 saturated carbocycles. The SMILES string of the molecule is CCn1nccc1-c1ccc(C(N)C(C)O)cc1. The summed E-state index contributed by atoms with van der Waals surface area (Å²) in [6.07, 6.45) is 1.26. The molecule has 18 heavy (non-hydrogen) atoms. The molecular formula is C14H19N3O. The van der Waals surface area contributed by atoms with Crippen molar-refractivity contribution in [3.8, 4) is 11.3 Å². The van der Waals surface area contributed by atoms with Gasteiger partial charge in [-0.05, 0) is 31.0 Å². The van der Waals surface area contributed by atoms with Gasteiger partial charge in [0, 0.05) is 12.7 Å². The Hall–Kier alpha value is -1.65. The van der Waals surface area contributed by atoms with Crippen LogP contribution >= 0.6 is 0 Å². The number of aromatic nitrogens is 2. The fraction of sp³-hybridized carbons (Fsp3) is 0.357. The third-order valence-electron chi connectivity index (χ3n) is 3.13. The molecule has 1 aromatic carbocycles. The van der Waals surface area contributed by atoms with Gasteiger partial charge in [0.25, 0.3) is 0 Å². The Morgan fingerprint density at radius 1 is 1.28 bits per heavy atom. The van der Waals surface area contributed by atoms with E-state index in [4.69, 9.17) is 5.73 Å². The van der Waals surface area contributed by atoms with Crippen molar-refractivity contribution in [2.24, 2.45) is 5.73 Å². The van der Waals surface area contributed by atoms with E-state index in [9.17, 15) is 5.11 Å². The van der Waals surface area contributed by atoms with Crippen LogP contribution in [0.15, 0.2) is 36.5 Å². The molecule has 0 spiro atoms. The van der Waals surface area contributed by atoms with Crippen LogP contribution in [0.4, 0.5) is 0 Å². The average molecular weight is 245 g/mol. The van der Waals surface area contributed by atoms with Crippen molar-refractivity contribution >= 4 is 0 Å². The van der Waals surface area contributed by atoms with Crippen LogP contribution in [0.5, 0.6) is 0 Å². The molecule has 3 N–H and O–H groups in total. The van der Waals surface area contributed by atoms with Crippen LogP contribution in [-0.2, 0) is 6.54 Å². The van der Waals surface area contributed by atoms with Crippen LogP contribution in [-0.4, -0.2) is 21.0 Å². The predicted octanol–water partition coefficient (Wildman–Crippen LogP) is 1.95. The van der Waals surface area contributed by atoms with Gasteiger partial charge in [-0.25, -0.2) is 0 Å². The summed E-state index contributed by atoms with van der Waals surface area (Å²) in [5.41, 5.74) is 9.04. The first-order valence-corrected chi connectivity index (χ1v) is 6.19. The van der Waals surface area contributed by atoms with Crippen LogP contribution in [0.1, 0.15) is 25.5 Å². The number of hydrogen-bond donors (Lipinski definition) is 2. The monoisotopic (exact) mass is 245 g/mol. The van der Waals surface area contributed by atoms with Gasteiger partial charge in [0.05, 0.1) is 17.8 Å². The minimum absolute atomic E-state index is 0.338. The third kappa shape index (κ3) is 2.44. The highest BCUT2D eigenvalue weighted by molar-refractivity contribution is 5.59. The molecule has 0 aliphatic rings. The maximum atomic E-state index is 9.47. The van der Waals surface area contributed by atoms with E-state index in [1.54, 1.807) is 13.1 Å². The van der Waals surface area contributed by atoms with Crippen LogP contribution in [0, 0.1) is 0 Å². The first kappa shape index (κ1) is 12.8. The molecule has 1 aromatic heterocycles. The Bertz CT molecular complexity index is 502. The lowest BCUT2D eigenvalue weighted by molar-refractivity contribution is 0.164. The zero-order valence-electron chi connectivity index (χ0n) is 10.7. The highest BCUT2D eigenvalue weighted by Gasteiger charge is 2.12. The van der Waals surface area contributed by atoms with Gasteiger partial charge < -0.3 is 10.8 Å². The second-order valence-electron chi connectivity index (χ2n) is 4.42. The fourth-order valence-electron chi connectivity index (χ4n) is 1.98. The molecule has 0 radical (unpaired) electrons. The van der Waals surface area contributed by atoms with Crippen LogP contribution in [0.25, 0.3) is 11.3 Å². The summed E-state index contributed by atoms with van der Waals surface area (Å²) in [4.78, 5) is 0. The molecule has 0 bridgehead atoms. The topological polar surface area (TPSA) is 64.1 Å². The number of benzene rings is 1. The summed E-state index contributed by atoms with van der Waals surface area (Å²) >= 11 is 0. The van der Waals surface area contributed by atoms with Gasteiger partial charge in [-0.2, -0.15) is 5.10 Å². The highest BCUT2D eigenvalue weighted by atomic mass is 16.3. The second kappa shape index (κ2) is 5.33. The van der Waals surface area contributed by atoms with Crippen LogP contribution in [0.2, 0.25) is 0 Å². The lowest BCUT2D eigenvalue weighted by Crippen LogP contribution is -2.22. The summed E-state index contributed by atoms with van der Waals surface area (Å²) in [6.45, 7) is 4.61. The molecule has 0 fully saturated rings. The number of nitrogens with zero attached hydrogens (tertiary/aromatic N) is 2. The van der Waals surface area contributed by atoms with Crippen molar-refractivity contribution in [2.45, 2.75) is 32.5 Å². The highest BCUT2D eigenvalue weighted by Crippen LogP contribution is 2.22. The third-order valence-corrected chi connectivity index (χ3v) is 3.13. The van der Waals surface area contributed by atoms with Crippen LogP contribution in [0.3, 0.4) is 0 Å². The molecule has 4 nitrogen and oxygen atoms in total. The van der Waals surface area contributed by atoms with E-state index in [0.29, 0.717) is 0 Å². The standard InChI is InChI=1S/C14H19N3O/c1-3-17-13(8-9-16-17)11-4-6-12(7-5-11)14(15)10(2)18/h4-10,14,18H,3,15H2,1-2H3. The van der Waals surface area contributed by atoms with E-state index in [1.807, 2.05) is 35.0 Å². The van der Waals surface area contributed by atoms with Crippen molar-refractivity contribution in [3.05, 3.63) is 42.1 Å². The van der Waals surface area contributed by atoms with E-state index in [-0.39, 0.29) is 6.04 Å². The maximum Gasteiger partial charge on any atom is 0.0704 e. The summed E-state index contributed by atoms with van der Waals surface area (Å²) in [5, 5.41) is 13.7. The maximum absolute atomic E-state index is 9.47. The molecule has 0 saturated heterocycles. The molecule has 0 aliphatic heterocycles. The van der Waals surface area contributed by atoms with Gasteiger partial charge in [-0.1, -0.05) is 24.3 Å². The van der Waals surface area contributed by atoms with Gasteiger partial charge >= 0.3 is 0 Å². The zero-order valence-corrected chi connectivity index (χ0v) is 10.7. The fourth-order valence-corrected chi connectivity index (χ4v) is 1.98. The molecule has 0 amide bonds. The minimum atomic E-state index is -0.544. The van der Waals surface area contributed by atoms with Gasteiger partial charge in [0.15, 0.2) is 0 Å².